The minimum Gasteiger partial charge on any atom is -0.426 e. The van der Waals surface area contributed by atoms with E-state index in [-0.39, 0.29) is 36.5 Å². The third kappa shape index (κ3) is 12.1. The summed E-state index contributed by atoms with van der Waals surface area (Å²) in [6, 6.07) is 0. The number of ketones is 1. The highest BCUT2D eigenvalue weighted by atomic mass is 16.7. The number of hydrogen-bond donors (Lipinski definition) is 5. The van der Waals surface area contributed by atoms with Crippen LogP contribution in [0.3, 0.4) is 0 Å². The van der Waals surface area contributed by atoms with Crippen molar-refractivity contribution in [1.29, 1.82) is 0 Å². The molecule has 0 rings (SSSR count). The van der Waals surface area contributed by atoms with Crippen molar-refractivity contribution < 1.29 is 24.7 Å². The van der Waals surface area contributed by atoms with Crippen molar-refractivity contribution in [3.05, 3.63) is 10.1 Å². The Morgan fingerprint density at radius 2 is 1.90 bits per heavy atom. The lowest BCUT2D eigenvalue weighted by Gasteiger charge is -2.24. The molecule has 1 unspecified atom stereocenters. The molecule has 0 saturated carbocycles. The average molecular weight is 415 g/mol. The highest BCUT2D eigenvalue weighted by molar-refractivity contribution is 6.43. The molecule has 6 N–H and O–H groups in total. The smallest absolute Gasteiger partial charge is 0.426 e. The number of nitrogens with two attached hydrogens (primary N) is 1. The minimum atomic E-state index is -1.70. The van der Waals surface area contributed by atoms with Crippen LogP contribution in [0.2, 0.25) is 0 Å². The molecule has 12 heteroatoms. The first-order chi connectivity index (χ1) is 13.5. The number of nitro groups is 1. The molecule has 0 heterocycles. The van der Waals surface area contributed by atoms with E-state index >= 15 is 0 Å². The SMILES string of the molecule is CCC(C)C(=O)C[C@@H](CCCN=C(N)N[N+](=O)[O-])C(=O)N[C@@H](CC(C)C)B(O)O. The maximum Gasteiger partial charge on any atom is 0.475 e. The number of hydrogen-bond acceptors (Lipinski definition) is 7. The summed E-state index contributed by atoms with van der Waals surface area (Å²) in [7, 11) is -1.70. The second-order valence-corrected chi connectivity index (χ2v) is 7.61. The Labute approximate surface area is 171 Å². The van der Waals surface area contributed by atoms with E-state index in [2.05, 4.69) is 10.3 Å². The number of nitrogens with one attached hydrogen (secondary N) is 2. The number of guanidine groups is 1. The van der Waals surface area contributed by atoms with Gasteiger partial charge in [0.05, 0.1) is 5.94 Å². The van der Waals surface area contributed by atoms with Crippen LogP contribution in [0.4, 0.5) is 0 Å². The third-order valence-corrected chi connectivity index (χ3v) is 4.59. The number of Topliss-reactive ketones (excluding diaryl/α,β-unsaturated/α-hetero) is 1. The molecule has 0 fully saturated rings. The fourth-order valence-electron chi connectivity index (χ4n) is 2.73. The van der Waals surface area contributed by atoms with E-state index in [1.807, 2.05) is 20.8 Å². The van der Waals surface area contributed by atoms with E-state index in [1.165, 1.54) is 0 Å². The highest BCUT2D eigenvalue weighted by Gasteiger charge is 2.30. The molecule has 1 amide bonds. The zero-order valence-electron chi connectivity index (χ0n) is 17.6. The van der Waals surface area contributed by atoms with Crippen LogP contribution in [0.1, 0.15) is 59.8 Å². The molecule has 29 heavy (non-hydrogen) atoms. The lowest BCUT2D eigenvalue weighted by molar-refractivity contribution is -0.525. The first-order valence-electron chi connectivity index (χ1n) is 9.88. The Hall–Kier alpha value is -2.21. The molecular formula is C17H34BN5O6. The normalized spacial score (nSPS) is 14.8. The number of aliphatic imine (C=N–C) groups is 1. The quantitative estimate of drug-likeness (QED) is 0.0658. The second kappa shape index (κ2) is 13.9. The molecule has 0 aliphatic heterocycles. The molecule has 0 aromatic carbocycles. The zero-order chi connectivity index (χ0) is 22.6. The van der Waals surface area contributed by atoms with Crippen molar-refractivity contribution in [2.75, 3.05) is 6.54 Å². The van der Waals surface area contributed by atoms with Crippen LogP contribution < -0.4 is 16.5 Å². The lowest BCUT2D eigenvalue weighted by atomic mass is 9.74. The number of carbonyl (C=O) groups excluding carboxylic acids is 2. The number of amides is 1. The monoisotopic (exact) mass is 415 g/mol. The minimum absolute atomic E-state index is 0.0309. The van der Waals surface area contributed by atoms with Gasteiger partial charge in [0.25, 0.3) is 5.96 Å². The number of rotatable bonds is 14. The van der Waals surface area contributed by atoms with E-state index in [0.717, 1.165) is 0 Å². The third-order valence-electron chi connectivity index (χ3n) is 4.59. The van der Waals surface area contributed by atoms with Gasteiger partial charge in [0.1, 0.15) is 5.78 Å². The van der Waals surface area contributed by atoms with Crippen LogP contribution >= 0.6 is 0 Å². The summed E-state index contributed by atoms with van der Waals surface area (Å²) >= 11 is 0. The molecule has 0 aromatic heterocycles. The van der Waals surface area contributed by atoms with Gasteiger partial charge in [-0.1, -0.05) is 33.1 Å². The van der Waals surface area contributed by atoms with Crippen molar-refractivity contribution in [3.63, 3.8) is 0 Å². The molecular weight excluding hydrogens is 381 g/mol. The Morgan fingerprint density at radius 1 is 1.28 bits per heavy atom. The van der Waals surface area contributed by atoms with E-state index in [0.29, 0.717) is 25.7 Å². The molecule has 0 aliphatic rings. The van der Waals surface area contributed by atoms with Gasteiger partial charge in [-0.05, 0) is 31.6 Å². The van der Waals surface area contributed by atoms with E-state index in [9.17, 15) is 29.8 Å². The van der Waals surface area contributed by atoms with Gasteiger partial charge < -0.3 is 21.1 Å². The molecule has 0 aromatic rings. The van der Waals surface area contributed by atoms with Crippen molar-refractivity contribution in [1.82, 2.24) is 10.7 Å². The molecule has 166 valence electrons. The predicted octanol–water partition coefficient (Wildman–Crippen LogP) is 0.0270. The maximum absolute atomic E-state index is 12.7. The zero-order valence-corrected chi connectivity index (χ0v) is 17.6. The van der Waals surface area contributed by atoms with Gasteiger partial charge >= 0.3 is 7.12 Å². The van der Waals surface area contributed by atoms with Gasteiger partial charge in [-0.3, -0.25) is 9.59 Å². The lowest BCUT2D eigenvalue weighted by Crippen LogP contribution is -2.49. The first-order valence-corrected chi connectivity index (χ1v) is 9.88. The molecule has 3 atom stereocenters. The summed E-state index contributed by atoms with van der Waals surface area (Å²) < 4.78 is 0. The van der Waals surface area contributed by atoms with Gasteiger partial charge in [-0.25, -0.2) is 15.1 Å². The molecule has 0 spiro atoms. The van der Waals surface area contributed by atoms with Crippen molar-refractivity contribution >= 4 is 24.8 Å². The van der Waals surface area contributed by atoms with Gasteiger partial charge in [0, 0.05) is 24.8 Å². The second-order valence-electron chi connectivity index (χ2n) is 7.61. The van der Waals surface area contributed by atoms with Crippen molar-refractivity contribution in [2.45, 2.75) is 65.7 Å². The molecule has 0 saturated heterocycles. The van der Waals surface area contributed by atoms with E-state index in [4.69, 9.17) is 5.73 Å². The van der Waals surface area contributed by atoms with Crippen molar-refractivity contribution in [3.8, 4) is 0 Å². The van der Waals surface area contributed by atoms with Crippen molar-refractivity contribution in [2.24, 2.45) is 28.5 Å². The topological polar surface area (TPSA) is 180 Å². The van der Waals surface area contributed by atoms with E-state index < -0.39 is 29.9 Å². The van der Waals surface area contributed by atoms with E-state index in [1.54, 1.807) is 12.3 Å². The highest BCUT2D eigenvalue weighted by Crippen LogP contribution is 2.18. The van der Waals surface area contributed by atoms with Gasteiger partial charge in [-0.2, -0.15) is 0 Å². The fourth-order valence-corrected chi connectivity index (χ4v) is 2.73. The van der Waals surface area contributed by atoms with Gasteiger partial charge in [-0.15, -0.1) is 0 Å². The van der Waals surface area contributed by atoms with Crippen LogP contribution in [0.15, 0.2) is 4.99 Å². The summed E-state index contributed by atoms with van der Waals surface area (Å²) in [6.07, 6.45) is 1.75. The Bertz CT molecular complexity index is 573. The van der Waals surface area contributed by atoms with Crippen LogP contribution in [-0.2, 0) is 9.59 Å². The number of carbonyl (C=O) groups is 2. The Balaban J connectivity index is 5.05. The Kier molecular flexibility index (Phi) is 12.8. The van der Waals surface area contributed by atoms with Gasteiger partial charge in [0.2, 0.25) is 5.91 Å². The summed E-state index contributed by atoms with van der Waals surface area (Å²) in [6.45, 7) is 7.62. The van der Waals surface area contributed by atoms with Crippen LogP contribution in [-0.4, -0.2) is 52.3 Å². The number of nitrogens with zero attached hydrogens (tertiary/aromatic N) is 2. The van der Waals surface area contributed by atoms with Gasteiger partial charge in [0.15, 0.2) is 5.03 Å². The predicted molar refractivity (Wildman–Crippen MR) is 110 cm³/mol. The largest absolute Gasteiger partial charge is 0.475 e. The Morgan fingerprint density at radius 3 is 2.38 bits per heavy atom. The first kappa shape index (κ1) is 26.8. The summed E-state index contributed by atoms with van der Waals surface area (Å²) in [5, 5.41) is 31.2. The standard InChI is InChI=1S/C17H34BN5O6/c1-5-12(4)14(24)10-13(7-6-8-20-17(19)22-23(28)29)16(25)21-15(18(26)27)9-11(2)3/h11-13,15,26-27H,5-10H2,1-4H3,(H,21,25)(H3,19,20,22)/t12?,13-,15+/m1/s1. The fraction of sp³-hybridized carbons (Fsp3) is 0.824. The molecule has 0 radical (unpaired) electrons. The summed E-state index contributed by atoms with van der Waals surface area (Å²) in [4.78, 5) is 39.1. The summed E-state index contributed by atoms with van der Waals surface area (Å²) in [5.41, 5.74) is 7.07. The molecule has 0 aliphatic carbocycles. The maximum atomic E-state index is 12.7. The summed E-state index contributed by atoms with van der Waals surface area (Å²) in [5.74, 6) is -2.36. The van der Waals surface area contributed by atoms with Crippen LogP contribution in [0, 0.1) is 27.9 Å². The molecule has 11 nitrogen and oxygen atoms in total. The van der Waals surface area contributed by atoms with Crippen LogP contribution in [0.25, 0.3) is 0 Å². The molecule has 0 bridgehead atoms. The van der Waals surface area contributed by atoms with Crippen LogP contribution in [0.5, 0.6) is 0 Å². The number of hydrazine groups is 1. The average Bonchev–Trinajstić information content (AvgIpc) is 2.61.